The van der Waals surface area contributed by atoms with Crippen LogP contribution in [-0.4, -0.2) is 54.2 Å². The van der Waals surface area contributed by atoms with Gasteiger partial charge in [0.2, 0.25) is 5.91 Å². The van der Waals surface area contributed by atoms with E-state index in [0.29, 0.717) is 17.2 Å². The van der Waals surface area contributed by atoms with Gasteiger partial charge in [-0.2, -0.15) is 13.2 Å². The highest BCUT2D eigenvalue weighted by molar-refractivity contribution is 9.11. The molecular weight excluding hydrogens is 549 g/mol. The van der Waals surface area contributed by atoms with Crippen LogP contribution in [0.2, 0.25) is 0 Å². The lowest BCUT2D eigenvalue weighted by Crippen LogP contribution is -2.48. The van der Waals surface area contributed by atoms with Gasteiger partial charge in [-0.05, 0) is 74.9 Å². The first-order valence-electron chi connectivity index (χ1n) is 10.8. The lowest BCUT2D eigenvalue weighted by atomic mass is 10.0. The normalized spacial score (nSPS) is 13.0. The van der Waals surface area contributed by atoms with Crippen LogP contribution in [0.3, 0.4) is 0 Å². The Morgan fingerprint density at radius 3 is 2.26 bits per heavy atom. The van der Waals surface area contributed by atoms with Crippen LogP contribution in [0.1, 0.15) is 44.5 Å². The lowest BCUT2D eigenvalue weighted by molar-refractivity contribution is -0.137. The Morgan fingerprint density at radius 1 is 1.17 bits per heavy atom. The molecule has 1 heterocycles. The molecule has 0 fully saturated rings. The SMILES string of the molecule is CC(=O)N(CC(Cc1ccc(C(F)(F)F)cc1)NC(=O)OC(C)(C)C)c1nc(CN(C)C)c(Br)s1. The summed E-state index contributed by atoms with van der Waals surface area (Å²) in [5, 5.41) is 3.20. The quantitative estimate of drug-likeness (QED) is 0.449. The Morgan fingerprint density at radius 2 is 1.77 bits per heavy atom. The van der Waals surface area contributed by atoms with Crippen molar-refractivity contribution in [3.8, 4) is 0 Å². The topological polar surface area (TPSA) is 74.8 Å². The second-order valence-corrected chi connectivity index (χ2v) is 11.6. The van der Waals surface area contributed by atoms with Crippen molar-refractivity contribution in [3.05, 3.63) is 44.9 Å². The van der Waals surface area contributed by atoms with Gasteiger partial charge in [0.05, 0.1) is 21.1 Å². The number of rotatable bonds is 8. The fourth-order valence-corrected chi connectivity index (χ4v) is 4.65. The van der Waals surface area contributed by atoms with Gasteiger partial charge in [-0.25, -0.2) is 9.78 Å². The van der Waals surface area contributed by atoms with E-state index in [4.69, 9.17) is 4.74 Å². The summed E-state index contributed by atoms with van der Waals surface area (Å²) in [6, 6.07) is 4.06. The summed E-state index contributed by atoms with van der Waals surface area (Å²) in [4.78, 5) is 33.0. The van der Waals surface area contributed by atoms with E-state index in [2.05, 4.69) is 26.2 Å². The molecule has 12 heteroatoms. The number of amides is 2. The van der Waals surface area contributed by atoms with Crippen molar-refractivity contribution >= 4 is 44.4 Å². The summed E-state index contributed by atoms with van der Waals surface area (Å²) in [7, 11) is 3.80. The van der Waals surface area contributed by atoms with Crippen LogP contribution in [0, 0.1) is 0 Å². The number of carbonyl (C=O) groups excluding carboxylic acids is 2. The molecule has 0 aliphatic heterocycles. The smallest absolute Gasteiger partial charge is 0.416 e. The molecule has 2 aromatic rings. The number of alkyl halides is 3. The van der Waals surface area contributed by atoms with Crippen LogP contribution in [0.4, 0.5) is 23.1 Å². The maximum Gasteiger partial charge on any atom is 0.416 e. The van der Waals surface area contributed by atoms with E-state index >= 15 is 0 Å². The number of aromatic nitrogens is 1. The summed E-state index contributed by atoms with van der Waals surface area (Å²) in [6.45, 7) is 7.17. The van der Waals surface area contributed by atoms with Crippen LogP contribution >= 0.6 is 27.3 Å². The van der Waals surface area contributed by atoms with Crippen molar-refractivity contribution in [2.75, 3.05) is 25.5 Å². The van der Waals surface area contributed by atoms with Crippen molar-refractivity contribution < 1.29 is 27.5 Å². The molecule has 1 aromatic heterocycles. The number of nitrogens with zero attached hydrogens (tertiary/aromatic N) is 3. The van der Waals surface area contributed by atoms with Crippen molar-refractivity contribution in [1.29, 1.82) is 0 Å². The average Bonchev–Trinajstić information content (AvgIpc) is 3.03. The molecule has 2 rings (SSSR count). The maximum atomic E-state index is 12.9. The van der Waals surface area contributed by atoms with Gasteiger partial charge >= 0.3 is 12.3 Å². The van der Waals surface area contributed by atoms with Crippen molar-refractivity contribution in [2.45, 2.75) is 58.5 Å². The second-order valence-electron chi connectivity index (χ2n) is 9.33. The third-order valence-electron chi connectivity index (χ3n) is 4.60. The van der Waals surface area contributed by atoms with Crippen LogP contribution < -0.4 is 10.2 Å². The van der Waals surface area contributed by atoms with Gasteiger partial charge in [-0.1, -0.05) is 23.5 Å². The average molecular weight is 579 g/mol. The first kappa shape index (κ1) is 29.1. The highest BCUT2D eigenvalue weighted by atomic mass is 79.9. The summed E-state index contributed by atoms with van der Waals surface area (Å²) < 4.78 is 45.0. The summed E-state index contributed by atoms with van der Waals surface area (Å²) >= 11 is 4.78. The number of hydrogen-bond donors (Lipinski definition) is 1. The molecule has 0 spiro atoms. The Bertz CT molecular complexity index is 1020. The first-order valence-corrected chi connectivity index (χ1v) is 12.4. The zero-order chi connectivity index (χ0) is 26.6. The molecule has 194 valence electrons. The zero-order valence-electron chi connectivity index (χ0n) is 20.5. The fourth-order valence-electron chi connectivity index (χ4n) is 3.15. The Kier molecular flexibility index (Phi) is 9.71. The summed E-state index contributed by atoms with van der Waals surface area (Å²) in [6.07, 6.45) is -4.95. The van der Waals surface area contributed by atoms with E-state index in [-0.39, 0.29) is 18.9 Å². The Hall–Kier alpha value is -2.18. The van der Waals surface area contributed by atoms with Gasteiger partial charge in [0.15, 0.2) is 5.13 Å². The van der Waals surface area contributed by atoms with E-state index in [1.807, 2.05) is 19.0 Å². The van der Waals surface area contributed by atoms with Gasteiger partial charge in [0, 0.05) is 20.0 Å². The molecule has 1 atom stereocenters. The number of carbonyl (C=O) groups is 2. The fraction of sp³-hybridized carbons (Fsp3) is 0.522. The molecule has 0 radical (unpaired) electrons. The summed E-state index contributed by atoms with van der Waals surface area (Å²) in [5.41, 5.74) is -0.175. The molecule has 0 aliphatic rings. The molecule has 7 nitrogen and oxygen atoms in total. The molecule has 1 unspecified atom stereocenters. The van der Waals surface area contributed by atoms with Gasteiger partial charge < -0.3 is 15.0 Å². The number of ether oxygens (including phenoxy) is 1. The molecule has 0 saturated carbocycles. The highest BCUT2D eigenvalue weighted by Crippen LogP contribution is 2.32. The minimum atomic E-state index is -4.44. The number of anilines is 1. The van der Waals surface area contributed by atoms with E-state index in [9.17, 15) is 22.8 Å². The molecule has 1 N–H and O–H groups in total. The zero-order valence-corrected chi connectivity index (χ0v) is 22.9. The van der Waals surface area contributed by atoms with Crippen molar-refractivity contribution in [1.82, 2.24) is 15.2 Å². The van der Waals surface area contributed by atoms with Gasteiger partial charge in [0.1, 0.15) is 5.60 Å². The molecule has 0 saturated heterocycles. The minimum absolute atomic E-state index is 0.0525. The third kappa shape index (κ3) is 9.42. The first-order chi connectivity index (χ1) is 16.0. The molecule has 35 heavy (non-hydrogen) atoms. The monoisotopic (exact) mass is 578 g/mol. The third-order valence-corrected chi connectivity index (χ3v) is 6.45. The predicted octanol–water partition coefficient (Wildman–Crippen LogP) is 5.47. The van der Waals surface area contributed by atoms with Crippen LogP contribution in [0.15, 0.2) is 28.1 Å². The van der Waals surface area contributed by atoms with Crippen LogP contribution in [0.5, 0.6) is 0 Å². The Labute approximate surface area is 215 Å². The van der Waals surface area contributed by atoms with E-state index < -0.39 is 29.5 Å². The number of alkyl carbamates (subject to hydrolysis) is 1. The lowest BCUT2D eigenvalue weighted by Gasteiger charge is -2.27. The van der Waals surface area contributed by atoms with Crippen LogP contribution in [0.25, 0.3) is 0 Å². The van der Waals surface area contributed by atoms with Gasteiger partial charge in [-0.3, -0.25) is 9.69 Å². The van der Waals surface area contributed by atoms with Gasteiger partial charge in [-0.15, -0.1) is 0 Å². The number of benzene rings is 1. The maximum absolute atomic E-state index is 12.9. The second kappa shape index (κ2) is 11.7. The Balaban J connectivity index is 2.31. The van der Waals surface area contributed by atoms with Crippen LogP contribution in [-0.2, 0) is 28.7 Å². The van der Waals surface area contributed by atoms with E-state index in [0.717, 1.165) is 21.6 Å². The minimum Gasteiger partial charge on any atom is -0.444 e. The largest absolute Gasteiger partial charge is 0.444 e. The molecule has 1 aromatic carbocycles. The molecule has 2 amide bonds. The number of nitrogens with one attached hydrogen (secondary N) is 1. The number of hydrogen-bond acceptors (Lipinski definition) is 6. The highest BCUT2D eigenvalue weighted by Gasteiger charge is 2.30. The summed E-state index contributed by atoms with van der Waals surface area (Å²) in [5.74, 6) is -0.286. The molecule has 0 aliphatic carbocycles. The van der Waals surface area contributed by atoms with E-state index in [1.165, 1.54) is 35.3 Å². The van der Waals surface area contributed by atoms with Crippen molar-refractivity contribution in [3.63, 3.8) is 0 Å². The number of thiazole rings is 1. The van der Waals surface area contributed by atoms with Gasteiger partial charge in [0.25, 0.3) is 0 Å². The molecule has 0 bridgehead atoms. The molecular formula is C23H30BrF3N4O3S. The standard InChI is InChI=1S/C23H30BrF3N4O3S/c1-14(32)31(20-29-18(13-30(5)6)19(24)35-20)12-17(28-21(33)34-22(2,3)4)11-15-7-9-16(10-8-15)23(25,26)27/h7-10,17H,11-13H2,1-6H3,(H,28,33). The van der Waals surface area contributed by atoms with Crippen molar-refractivity contribution in [2.24, 2.45) is 0 Å². The predicted molar refractivity (Wildman–Crippen MR) is 134 cm³/mol. The van der Waals surface area contributed by atoms with E-state index in [1.54, 1.807) is 20.8 Å². The number of halogens is 4.